The maximum absolute atomic E-state index is 11.9. The number of amides is 2. The van der Waals surface area contributed by atoms with Crippen LogP contribution in [-0.4, -0.2) is 60.4 Å². The van der Waals surface area contributed by atoms with Gasteiger partial charge in [0.25, 0.3) is 0 Å². The van der Waals surface area contributed by atoms with Gasteiger partial charge in [0.1, 0.15) is 0 Å². The van der Waals surface area contributed by atoms with Gasteiger partial charge in [-0.05, 0) is 19.8 Å². The van der Waals surface area contributed by atoms with Crippen molar-refractivity contribution in [2.45, 2.75) is 25.8 Å². The third kappa shape index (κ3) is 2.35. The highest BCUT2D eigenvalue weighted by Gasteiger charge is 2.28. The van der Waals surface area contributed by atoms with Gasteiger partial charge in [0.15, 0.2) is 0 Å². The Kier molecular flexibility index (Phi) is 3.43. The Bertz CT molecular complexity index is 287. The molecular formula is C11H19N3O2. The van der Waals surface area contributed by atoms with Gasteiger partial charge in [-0.3, -0.25) is 9.59 Å². The smallest absolute Gasteiger partial charge is 0.242 e. The third-order valence-electron chi connectivity index (χ3n) is 3.30. The first-order valence-electron chi connectivity index (χ1n) is 5.98. The van der Waals surface area contributed by atoms with E-state index in [-0.39, 0.29) is 24.4 Å². The van der Waals surface area contributed by atoms with E-state index in [0.29, 0.717) is 6.54 Å². The third-order valence-corrected chi connectivity index (χ3v) is 3.30. The van der Waals surface area contributed by atoms with Crippen molar-refractivity contribution in [3.8, 4) is 0 Å². The predicted octanol–water partition coefficient (Wildman–Crippen LogP) is -0.571. The van der Waals surface area contributed by atoms with Crippen molar-refractivity contribution >= 4 is 11.8 Å². The minimum Gasteiger partial charge on any atom is -0.341 e. The Hall–Kier alpha value is -1.10. The van der Waals surface area contributed by atoms with Crippen molar-refractivity contribution < 1.29 is 9.59 Å². The summed E-state index contributed by atoms with van der Waals surface area (Å²) in [6, 6.07) is -0.153. The van der Waals surface area contributed by atoms with Gasteiger partial charge in [-0.1, -0.05) is 0 Å². The molecule has 0 aliphatic carbocycles. The van der Waals surface area contributed by atoms with Crippen molar-refractivity contribution in [3.63, 3.8) is 0 Å². The molecule has 2 amide bonds. The van der Waals surface area contributed by atoms with Crippen LogP contribution in [0.15, 0.2) is 0 Å². The van der Waals surface area contributed by atoms with Crippen LogP contribution in [-0.2, 0) is 9.59 Å². The van der Waals surface area contributed by atoms with Crippen molar-refractivity contribution in [2.24, 2.45) is 0 Å². The molecule has 5 heteroatoms. The summed E-state index contributed by atoms with van der Waals surface area (Å²) < 4.78 is 0. The van der Waals surface area contributed by atoms with E-state index in [2.05, 4.69) is 5.32 Å². The number of hydrogen-bond acceptors (Lipinski definition) is 3. The maximum Gasteiger partial charge on any atom is 0.242 e. The Morgan fingerprint density at radius 1 is 1.38 bits per heavy atom. The number of carbonyl (C=O) groups is 2. The molecule has 0 radical (unpaired) electrons. The zero-order valence-corrected chi connectivity index (χ0v) is 9.74. The fourth-order valence-electron chi connectivity index (χ4n) is 2.27. The molecule has 1 unspecified atom stereocenters. The minimum absolute atomic E-state index is 0.0406. The molecule has 0 bridgehead atoms. The Balaban J connectivity index is 1.88. The standard InChI is InChI=1S/C11H19N3O2/c1-9-11(16)14(7-4-12-9)8-10(15)13-5-2-3-6-13/h9,12H,2-8H2,1H3. The number of nitrogens with zero attached hydrogens (tertiary/aromatic N) is 2. The van der Waals surface area contributed by atoms with Crippen molar-refractivity contribution in [1.29, 1.82) is 0 Å². The first-order valence-corrected chi connectivity index (χ1v) is 5.98. The van der Waals surface area contributed by atoms with E-state index in [0.717, 1.165) is 32.5 Å². The summed E-state index contributed by atoms with van der Waals surface area (Å²) in [6.07, 6.45) is 2.19. The fraction of sp³-hybridized carbons (Fsp3) is 0.818. The zero-order valence-electron chi connectivity index (χ0n) is 9.74. The van der Waals surface area contributed by atoms with Crippen LogP contribution in [0, 0.1) is 0 Å². The monoisotopic (exact) mass is 225 g/mol. The van der Waals surface area contributed by atoms with E-state index >= 15 is 0 Å². The lowest BCUT2D eigenvalue weighted by molar-refractivity contribution is -0.142. The average molecular weight is 225 g/mol. The molecule has 1 atom stereocenters. The summed E-state index contributed by atoms with van der Waals surface area (Å²) in [4.78, 5) is 27.2. The molecule has 0 saturated carbocycles. The van der Waals surface area contributed by atoms with E-state index in [1.807, 2.05) is 11.8 Å². The topological polar surface area (TPSA) is 52.7 Å². The average Bonchev–Trinajstić information content (AvgIpc) is 2.78. The summed E-state index contributed by atoms with van der Waals surface area (Å²) in [7, 11) is 0. The van der Waals surface area contributed by atoms with Gasteiger partial charge < -0.3 is 15.1 Å². The molecule has 2 heterocycles. The van der Waals surface area contributed by atoms with Crippen LogP contribution in [0.1, 0.15) is 19.8 Å². The molecule has 0 aromatic rings. The first kappa shape index (κ1) is 11.4. The van der Waals surface area contributed by atoms with Crippen molar-refractivity contribution in [3.05, 3.63) is 0 Å². The van der Waals surface area contributed by atoms with Crippen LogP contribution >= 0.6 is 0 Å². The lowest BCUT2D eigenvalue weighted by atomic mass is 10.2. The molecule has 0 aromatic carbocycles. The molecule has 0 aromatic heterocycles. The number of likely N-dealkylation sites (tertiary alicyclic amines) is 1. The molecule has 0 spiro atoms. The molecule has 90 valence electrons. The number of carbonyl (C=O) groups excluding carboxylic acids is 2. The lowest BCUT2D eigenvalue weighted by Crippen LogP contribution is -2.56. The summed E-state index contributed by atoms with van der Waals surface area (Å²) in [6.45, 7) is 5.23. The van der Waals surface area contributed by atoms with Crippen LogP contribution < -0.4 is 5.32 Å². The Morgan fingerprint density at radius 3 is 2.75 bits per heavy atom. The quantitative estimate of drug-likeness (QED) is 0.684. The SMILES string of the molecule is CC1NCCN(CC(=O)N2CCCC2)C1=O. The second-order valence-corrected chi connectivity index (χ2v) is 4.52. The van der Waals surface area contributed by atoms with E-state index in [4.69, 9.17) is 0 Å². The van der Waals surface area contributed by atoms with Gasteiger partial charge in [-0.2, -0.15) is 0 Å². The van der Waals surface area contributed by atoms with E-state index < -0.39 is 0 Å². The number of rotatable bonds is 2. The summed E-state index contributed by atoms with van der Waals surface area (Å²) in [5.41, 5.74) is 0. The maximum atomic E-state index is 11.9. The van der Waals surface area contributed by atoms with E-state index in [9.17, 15) is 9.59 Å². The highest BCUT2D eigenvalue weighted by atomic mass is 16.2. The Labute approximate surface area is 95.8 Å². The van der Waals surface area contributed by atoms with Crippen LogP contribution in [0.5, 0.6) is 0 Å². The molecule has 5 nitrogen and oxygen atoms in total. The zero-order chi connectivity index (χ0) is 11.5. The second kappa shape index (κ2) is 4.82. The molecule has 2 saturated heterocycles. The normalized spacial score (nSPS) is 26.3. The van der Waals surface area contributed by atoms with Gasteiger partial charge in [-0.25, -0.2) is 0 Å². The van der Waals surface area contributed by atoms with Crippen LogP contribution in [0.3, 0.4) is 0 Å². The van der Waals surface area contributed by atoms with Gasteiger partial charge in [0.05, 0.1) is 12.6 Å². The van der Waals surface area contributed by atoms with Gasteiger partial charge >= 0.3 is 0 Å². The molecule has 2 rings (SSSR count). The first-order chi connectivity index (χ1) is 7.68. The van der Waals surface area contributed by atoms with Gasteiger partial charge in [-0.15, -0.1) is 0 Å². The predicted molar refractivity (Wildman–Crippen MR) is 59.9 cm³/mol. The molecule has 1 N–H and O–H groups in total. The molecule has 2 aliphatic rings. The molecule has 2 aliphatic heterocycles. The van der Waals surface area contributed by atoms with Crippen molar-refractivity contribution in [2.75, 3.05) is 32.7 Å². The molecular weight excluding hydrogens is 206 g/mol. The van der Waals surface area contributed by atoms with E-state index in [1.54, 1.807) is 4.90 Å². The van der Waals surface area contributed by atoms with Crippen LogP contribution in [0.2, 0.25) is 0 Å². The fourth-order valence-corrected chi connectivity index (χ4v) is 2.27. The lowest BCUT2D eigenvalue weighted by Gasteiger charge is -2.32. The highest BCUT2D eigenvalue weighted by molar-refractivity contribution is 5.87. The second-order valence-electron chi connectivity index (χ2n) is 4.52. The largest absolute Gasteiger partial charge is 0.341 e. The van der Waals surface area contributed by atoms with Gasteiger partial charge in [0.2, 0.25) is 11.8 Å². The summed E-state index contributed by atoms with van der Waals surface area (Å²) in [5, 5.41) is 3.09. The molecule has 2 fully saturated rings. The minimum atomic E-state index is -0.153. The number of nitrogens with one attached hydrogen (secondary N) is 1. The number of piperazine rings is 1. The van der Waals surface area contributed by atoms with Crippen LogP contribution in [0.4, 0.5) is 0 Å². The van der Waals surface area contributed by atoms with Crippen LogP contribution in [0.25, 0.3) is 0 Å². The van der Waals surface area contributed by atoms with Crippen molar-refractivity contribution in [1.82, 2.24) is 15.1 Å². The van der Waals surface area contributed by atoms with E-state index in [1.165, 1.54) is 0 Å². The summed E-state index contributed by atoms with van der Waals surface area (Å²) >= 11 is 0. The number of hydrogen-bond donors (Lipinski definition) is 1. The summed E-state index contributed by atoms with van der Waals surface area (Å²) in [5.74, 6) is 0.138. The highest BCUT2D eigenvalue weighted by Crippen LogP contribution is 2.09. The Morgan fingerprint density at radius 2 is 2.06 bits per heavy atom. The molecule has 16 heavy (non-hydrogen) atoms. The van der Waals surface area contributed by atoms with Gasteiger partial charge in [0, 0.05) is 26.2 Å².